The van der Waals surface area contributed by atoms with Gasteiger partial charge in [-0.15, -0.1) is 0 Å². The predicted molar refractivity (Wildman–Crippen MR) is 159 cm³/mol. The van der Waals surface area contributed by atoms with Gasteiger partial charge < -0.3 is 28.4 Å². The van der Waals surface area contributed by atoms with Crippen molar-refractivity contribution in [2.75, 3.05) is 7.11 Å². The van der Waals surface area contributed by atoms with Crippen LogP contribution in [0.3, 0.4) is 0 Å². The van der Waals surface area contributed by atoms with E-state index in [9.17, 15) is 24.0 Å². The molecule has 1 fully saturated rings. The Balaban J connectivity index is 1.58. The maximum Gasteiger partial charge on any atom is 0.340 e. The molecule has 5 rings (SSSR count). The van der Waals surface area contributed by atoms with Crippen molar-refractivity contribution in [1.82, 2.24) is 0 Å². The molecule has 0 aliphatic carbocycles. The number of carbonyl (C=O) groups excluding carboxylic acids is 5. The summed E-state index contributed by atoms with van der Waals surface area (Å²) in [5.74, 6) is -4.66. The topological polar surface area (TPSA) is 141 Å². The van der Waals surface area contributed by atoms with Crippen LogP contribution in [0.2, 0.25) is 0 Å². The lowest BCUT2D eigenvalue weighted by Crippen LogP contribution is -2.64. The van der Waals surface area contributed by atoms with Crippen molar-refractivity contribution in [2.45, 2.75) is 30.7 Å². The molecule has 0 radical (unpaired) electrons. The summed E-state index contributed by atoms with van der Waals surface area (Å²) in [5.41, 5.74) is 0.429. The van der Waals surface area contributed by atoms with E-state index in [1.165, 1.54) is 48.5 Å². The minimum atomic E-state index is -1.83. The zero-order valence-electron chi connectivity index (χ0n) is 24.4. The minimum absolute atomic E-state index is 0.0997. The van der Waals surface area contributed by atoms with E-state index in [0.717, 1.165) is 7.11 Å². The van der Waals surface area contributed by atoms with Crippen molar-refractivity contribution in [2.24, 2.45) is 0 Å². The van der Waals surface area contributed by atoms with Crippen molar-refractivity contribution < 1.29 is 52.4 Å². The van der Waals surface area contributed by atoms with Crippen molar-refractivity contribution in [3.8, 4) is 0 Å². The first kappa shape index (κ1) is 31.6. The third-order valence-electron chi connectivity index (χ3n) is 6.92. The molecule has 0 aromatic heterocycles. The van der Waals surface area contributed by atoms with E-state index in [0.29, 0.717) is 0 Å². The van der Waals surface area contributed by atoms with Gasteiger partial charge in [0.1, 0.15) is 0 Å². The standard InChI is InChI=1S/C35H28O11/c1-41-34(40)28-26(42-30(36)22-14-6-2-7-15-22)27(43-31(37)23-16-8-3-9-17-23)29(44-32(38)24-18-10-4-11-19-24)35(45-28)46-33(39)25-20-12-5-13-21-25/h2-21,26-29,35H,1H3/t26-,27-,28-,29+,35-/m0/s1. The van der Waals surface area contributed by atoms with Crippen molar-refractivity contribution in [3.05, 3.63) is 144 Å². The maximum atomic E-state index is 13.4. The van der Waals surface area contributed by atoms with Crippen LogP contribution in [-0.2, 0) is 33.2 Å². The van der Waals surface area contributed by atoms with Gasteiger partial charge in [0.2, 0.25) is 12.4 Å². The van der Waals surface area contributed by atoms with Gasteiger partial charge in [0.05, 0.1) is 29.4 Å². The first-order chi connectivity index (χ1) is 22.4. The first-order valence-corrected chi connectivity index (χ1v) is 14.1. The van der Waals surface area contributed by atoms with E-state index < -0.39 is 60.6 Å². The lowest BCUT2D eigenvalue weighted by Gasteiger charge is -2.43. The SMILES string of the molecule is COC(=O)[C@H]1O[C@@H](OC(=O)c2ccccc2)[C@H](OC(=O)c2ccccc2)[C@@H](OC(=O)c2ccccc2)[C@@H]1OC(=O)c1ccccc1. The Hall–Kier alpha value is -5.81. The van der Waals surface area contributed by atoms with Crippen molar-refractivity contribution in [1.29, 1.82) is 0 Å². The van der Waals surface area contributed by atoms with Gasteiger partial charge in [0, 0.05) is 0 Å². The Morgan fingerprint density at radius 3 is 1.15 bits per heavy atom. The molecule has 11 nitrogen and oxygen atoms in total. The van der Waals surface area contributed by atoms with Crippen LogP contribution < -0.4 is 0 Å². The summed E-state index contributed by atoms with van der Waals surface area (Å²) in [6.07, 6.45) is -8.81. The van der Waals surface area contributed by atoms with Gasteiger partial charge in [0.25, 0.3) is 0 Å². The first-order valence-electron chi connectivity index (χ1n) is 14.1. The summed E-state index contributed by atoms with van der Waals surface area (Å²) in [5, 5.41) is 0. The highest BCUT2D eigenvalue weighted by Crippen LogP contribution is 2.32. The van der Waals surface area contributed by atoms with E-state index in [2.05, 4.69) is 0 Å². The molecule has 234 valence electrons. The summed E-state index contributed by atoms with van der Waals surface area (Å²) < 4.78 is 33.8. The van der Waals surface area contributed by atoms with E-state index in [1.807, 2.05) is 0 Å². The number of hydrogen-bond acceptors (Lipinski definition) is 11. The van der Waals surface area contributed by atoms with E-state index >= 15 is 0 Å². The molecule has 1 saturated heterocycles. The molecule has 0 spiro atoms. The number of esters is 5. The van der Waals surface area contributed by atoms with Crippen LogP contribution in [0.15, 0.2) is 121 Å². The molecular weight excluding hydrogens is 596 g/mol. The Bertz CT molecular complexity index is 1660. The monoisotopic (exact) mass is 624 g/mol. The van der Waals surface area contributed by atoms with Gasteiger partial charge in [0.15, 0.2) is 18.3 Å². The predicted octanol–water partition coefficient (Wildman–Crippen LogP) is 4.42. The fourth-order valence-corrected chi connectivity index (χ4v) is 4.65. The zero-order chi connectivity index (χ0) is 32.5. The van der Waals surface area contributed by atoms with Gasteiger partial charge in [-0.3, -0.25) is 0 Å². The summed E-state index contributed by atoms with van der Waals surface area (Å²) >= 11 is 0. The number of hydrogen-bond donors (Lipinski definition) is 0. The molecule has 0 saturated carbocycles. The minimum Gasteiger partial charge on any atom is -0.467 e. The number of carbonyl (C=O) groups is 5. The molecule has 11 heteroatoms. The second-order valence-electron chi connectivity index (χ2n) is 9.93. The lowest BCUT2D eigenvalue weighted by atomic mass is 9.97. The molecule has 1 heterocycles. The molecule has 46 heavy (non-hydrogen) atoms. The summed E-state index contributed by atoms with van der Waals surface area (Å²) in [6.45, 7) is 0. The average Bonchev–Trinajstić information content (AvgIpc) is 3.11. The highest BCUT2D eigenvalue weighted by molar-refractivity contribution is 5.92. The maximum absolute atomic E-state index is 13.4. The van der Waals surface area contributed by atoms with Crippen LogP contribution in [0, 0.1) is 0 Å². The van der Waals surface area contributed by atoms with Crippen LogP contribution >= 0.6 is 0 Å². The molecule has 4 aromatic carbocycles. The molecule has 0 N–H and O–H groups in total. The van der Waals surface area contributed by atoms with E-state index in [4.69, 9.17) is 28.4 Å². The quantitative estimate of drug-likeness (QED) is 0.193. The van der Waals surface area contributed by atoms with Gasteiger partial charge >= 0.3 is 29.8 Å². The number of ether oxygens (including phenoxy) is 6. The van der Waals surface area contributed by atoms with Gasteiger partial charge in [-0.25, -0.2) is 24.0 Å². The number of benzene rings is 4. The second kappa shape index (κ2) is 14.8. The van der Waals surface area contributed by atoms with Crippen molar-refractivity contribution >= 4 is 29.8 Å². The zero-order valence-corrected chi connectivity index (χ0v) is 24.4. The van der Waals surface area contributed by atoms with Crippen LogP contribution in [0.25, 0.3) is 0 Å². The molecular formula is C35H28O11. The Morgan fingerprint density at radius 2 is 0.783 bits per heavy atom. The van der Waals surface area contributed by atoms with Crippen molar-refractivity contribution in [3.63, 3.8) is 0 Å². The third-order valence-corrected chi connectivity index (χ3v) is 6.92. The third kappa shape index (κ3) is 7.45. The second-order valence-corrected chi connectivity index (χ2v) is 9.93. The molecule has 0 unspecified atom stereocenters. The molecule has 1 aliphatic heterocycles. The van der Waals surface area contributed by atoms with Crippen LogP contribution in [0.5, 0.6) is 0 Å². The highest BCUT2D eigenvalue weighted by Gasteiger charge is 2.57. The molecule has 5 atom stereocenters. The van der Waals surface area contributed by atoms with Crippen LogP contribution in [0.1, 0.15) is 41.4 Å². The molecule has 1 aliphatic rings. The number of rotatable bonds is 9. The Kier molecular flexibility index (Phi) is 10.2. The van der Waals surface area contributed by atoms with Gasteiger partial charge in [-0.1, -0.05) is 72.8 Å². The Labute approximate surface area is 263 Å². The molecule has 4 aromatic rings. The highest BCUT2D eigenvalue weighted by atomic mass is 16.7. The average molecular weight is 625 g/mol. The smallest absolute Gasteiger partial charge is 0.340 e. The Morgan fingerprint density at radius 1 is 0.457 bits per heavy atom. The van der Waals surface area contributed by atoms with Gasteiger partial charge in [-0.2, -0.15) is 0 Å². The fourth-order valence-electron chi connectivity index (χ4n) is 4.65. The van der Waals surface area contributed by atoms with Crippen LogP contribution in [0.4, 0.5) is 0 Å². The van der Waals surface area contributed by atoms with E-state index in [-0.39, 0.29) is 22.3 Å². The normalized spacial score (nSPS) is 20.4. The molecule has 0 bridgehead atoms. The van der Waals surface area contributed by atoms with Gasteiger partial charge in [-0.05, 0) is 48.5 Å². The van der Waals surface area contributed by atoms with Crippen LogP contribution in [-0.4, -0.2) is 67.7 Å². The number of methoxy groups -OCH3 is 1. The summed E-state index contributed by atoms with van der Waals surface area (Å²) in [6, 6.07) is 31.4. The fraction of sp³-hybridized carbons (Fsp3) is 0.171. The largest absolute Gasteiger partial charge is 0.467 e. The van der Waals surface area contributed by atoms with E-state index in [1.54, 1.807) is 72.8 Å². The summed E-state index contributed by atoms with van der Waals surface area (Å²) in [7, 11) is 1.07. The summed E-state index contributed by atoms with van der Waals surface area (Å²) in [4.78, 5) is 66.4. The lowest BCUT2D eigenvalue weighted by molar-refractivity contribution is -0.277. The molecule has 0 amide bonds.